The summed E-state index contributed by atoms with van der Waals surface area (Å²) in [6.07, 6.45) is 2.08. The summed E-state index contributed by atoms with van der Waals surface area (Å²) in [6.45, 7) is 8.55. The molecule has 1 N–H and O–H groups in total. The fourth-order valence-corrected chi connectivity index (χ4v) is 3.62. The molecule has 1 fully saturated rings. The van der Waals surface area contributed by atoms with Crippen LogP contribution in [0.15, 0.2) is 28.8 Å². The fraction of sp³-hybridized carbons (Fsp3) is 0.600. The number of hydrogen-bond donors (Lipinski definition) is 1. The van der Waals surface area contributed by atoms with E-state index >= 15 is 0 Å². The summed E-state index contributed by atoms with van der Waals surface area (Å²) in [7, 11) is 4.01. The molecule has 2 aromatic rings. The van der Waals surface area contributed by atoms with Gasteiger partial charge in [-0.25, -0.2) is 4.79 Å². The summed E-state index contributed by atoms with van der Waals surface area (Å²) in [5.41, 5.74) is 0.817. The van der Waals surface area contributed by atoms with Crippen LogP contribution < -0.4 is 5.32 Å². The number of benzene rings is 1. The summed E-state index contributed by atoms with van der Waals surface area (Å²) in [5, 5.41) is 6.93. The molecule has 1 aliphatic heterocycles. The molecule has 1 saturated heterocycles. The highest BCUT2D eigenvalue weighted by molar-refractivity contribution is 5.94. The van der Waals surface area contributed by atoms with Gasteiger partial charge in [0.2, 0.25) is 0 Å². The number of nitrogens with zero attached hydrogens (tertiary/aromatic N) is 4. The zero-order chi connectivity index (χ0) is 25.4. The van der Waals surface area contributed by atoms with Crippen molar-refractivity contribution < 1.29 is 23.6 Å². The van der Waals surface area contributed by atoms with Gasteiger partial charge in [0, 0.05) is 30.8 Å². The molecule has 1 aliphatic rings. The maximum absolute atomic E-state index is 12.3. The Hall–Kier alpha value is -2.98. The SMILES string of the molecule is CN(C)CCCNC(=O)c1ccc(-c2nc(COC3CCN(C(=O)OC(C)(C)C)CC3)no2)cc1. The lowest BCUT2D eigenvalue weighted by molar-refractivity contribution is -0.0190. The van der Waals surface area contributed by atoms with Crippen LogP contribution in [0.2, 0.25) is 0 Å². The lowest BCUT2D eigenvalue weighted by Crippen LogP contribution is -2.43. The third-order valence-corrected chi connectivity index (χ3v) is 5.47. The van der Waals surface area contributed by atoms with Crippen molar-refractivity contribution in [2.75, 3.05) is 40.3 Å². The van der Waals surface area contributed by atoms with Crippen LogP contribution in [0.1, 0.15) is 56.2 Å². The van der Waals surface area contributed by atoms with Crippen LogP contribution in [0.3, 0.4) is 0 Å². The number of amides is 2. The molecule has 1 aromatic carbocycles. The number of piperidine rings is 1. The number of aromatic nitrogens is 2. The van der Waals surface area contributed by atoms with Crippen molar-refractivity contribution in [1.82, 2.24) is 25.3 Å². The predicted molar refractivity (Wildman–Crippen MR) is 131 cm³/mol. The molecule has 3 rings (SSSR count). The molecule has 0 atom stereocenters. The van der Waals surface area contributed by atoms with Crippen molar-refractivity contribution >= 4 is 12.0 Å². The molecule has 0 saturated carbocycles. The van der Waals surface area contributed by atoms with E-state index in [0.717, 1.165) is 31.4 Å². The van der Waals surface area contributed by atoms with E-state index in [-0.39, 0.29) is 24.7 Å². The van der Waals surface area contributed by atoms with E-state index in [2.05, 4.69) is 20.4 Å². The zero-order valence-corrected chi connectivity index (χ0v) is 21.4. The topological polar surface area (TPSA) is 110 Å². The van der Waals surface area contributed by atoms with Crippen molar-refractivity contribution in [3.63, 3.8) is 0 Å². The van der Waals surface area contributed by atoms with Crippen LogP contribution in [0.25, 0.3) is 11.5 Å². The first-order chi connectivity index (χ1) is 16.6. The Bertz CT molecular complexity index is 959. The Morgan fingerprint density at radius 1 is 1.17 bits per heavy atom. The summed E-state index contributed by atoms with van der Waals surface area (Å²) >= 11 is 0. The molecule has 2 heterocycles. The van der Waals surface area contributed by atoms with Crippen molar-refractivity contribution in [2.24, 2.45) is 0 Å². The number of nitrogens with one attached hydrogen (secondary N) is 1. The number of likely N-dealkylation sites (tertiary alicyclic amines) is 1. The van der Waals surface area contributed by atoms with E-state index in [9.17, 15) is 9.59 Å². The second-order valence-corrected chi connectivity index (χ2v) is 9.98. The van der Waals surface area contributed by atoms with Crippen molar-refractivity contribution in [1.29, 1.82) is 0 Å². The standard InChI is InChI=1S/C25H37N5O5/c1-25(2,3)34-24(32)30-15-11-20(12-16-30)33-17-21-27-23(35-28-21)19-9-7-18(8-10-19)22(31)26-13-6-14-29(4)5/h7-10,20H,6,11-17H2,1-5H3,(H,26,31). The van der Waals surface area contributed by atoms with E-state index in [1.165, 1.54) is 0 Å². The highest BCUT2D eigenvalue weighted by Crippen LogP contribution is 2.20. The molecule has 192 valence electrons. The fourth-order valence-electron chi connectivity index (χ4n) is 3.62. The number of carbonyl (C=O) groups excluding carboxylic acids is 2. The van der Waals surface area contributed by atoms with Gasteiger partial charge in [0.1, 0.15) is 12.2 Å². The molecule has 0 spiro atoms. The first-order valence-corrected chi connectivity index (χ1v) is 12.1. The molecule has 2 amide bonds. The lowest BCUT2D eigenvalue weighted by atomic mass is 10.1. The van der Waals surface area contributed by atoms with Crippen LogP contribution in [-0.2, 0) is 16.1 Å². The third kappa shape index (κ3) is 8.63. The van der Waals surface area contributed by atoms with Gasteiger partial charge in [0.05, 0.1) is 6.10 Å². The molecule has 35 heavy (non-hydrogen) atoms. The van der Waals surface area contributed by atoms with Gasteiger partial charge in [-0.05, 0) is 84.9 Å². The van der Waals surface area contributed by atoms with Crippen molar-refractivity contribution in [3.8, 4) is 11.5 Å². The van der Waals surface area contributed by atoms with E-state index in [4.69, 9.17) is 14.0 Å². The first-order valence-electron chi connectivity index (χ1n) is 12.1. The maximum Gasteiger partial charge on any atom is 0.410 e. The second kappa shape index (κ2) is 12.1. The Labute approximate surface area is 206 Å². The molecule has 0 bridgehead atoms. The molecule has 10 heteroatoms. The minimum Gasteiger partial charge on any atom is -0.444 e. The van der Waals surface area contributed by atoms with Gasteiger partial charge in [0.15, 0.2) is 5.82 Å². The minimum atomic E-state index is -0.501. The smallest absolute Gasteiger partial charge is 0.410 e. The maximum atomic E-state index is 12.3. The summed E-state index contributed by atoms with van der Waals surface area (Å²) in [5.74, 6) is 0.728. The minimum absolute atomic E-state index is 0.0196. The molecule has 0 unspecified atom stereocenters. The Morgan fingerprint density at radius 3 is 2.49 bits per heavy atom. The van der Waals surface area contributed by atoms with Gasteiger partial charge < -0.3 is 29.1 Å². The molecule has 10 nitrogen and oxygen atoms in total. The lowest BCUT2D eigenvalue weighted by Gasteiger charge is -2.33. The van der Waals surface area contributed by atoms with E-state index in [1.54, 1.807) is 29.2 Å². The zero-order valence-electron chi connectivity index (χ0n) is 21.4. The number of hydrogen-bond acceptors (Lipinski definition) is 8. The van der Waals surface area contributed by atoms with Crippen molar-refractivity contribution in [3.05, 3.63) is 35.7 Å². The Morgan fingerprint density at radius 2 is 1.86 bits per heavy atom. The van der Waals surface area contributed by atoms with Crippen LogP contribution in [0, 0.1) is 0 Å². The quantitative estimate of drug-likeness (QED) is 0.537. The predicted octanol–water partition coefficient (Wildman–Crippen LogP) is 3.33. The molecular formula is C25H37N5O5. The largest absolute Gasteiger partial charge is 0.444 e. The van der Waals surface area contributed by atoms with Gasteiger partial charge in [-0.2, -0.15) is 4.98 Å². The molecule has 1 aromatic heterocycles. The van der Waals surface area contributed by atoms with Crippen molar-refractivity contribution in [2.45, 2.75) is 58.3 Å². The van der Waals surface area contributed by atoms with Gasteiger partial charge in [-0.1, -0.05) is 5.16 Å². The average Bonchev–Trinajstić information content (AvgIpc) is 3.29. The molecule has 0 radical (unpaired) electrons. The Kier molecular flexibility index (Phi) is 9.22. The summed E-state index contributed by atoms with van der Waals surface area (Å²) in [6, 6.07) is 7.07. The van der Waals surface area contributed by atoms with Gasteiger partial charge >= 0.3 is 6.09 Å². The summed E-state index contributed by atoms with van der Waals surface area (Å²) in [4.78, 5) is 32.7. The van der Waals surface area contributed by atoms with E-state index < -0.39 is 5.60 Å². The van der Waals surface area contributed by atoms with Crippen LogP contribution in [0.4, 0.5) is 4.79 Å². The normalized spacial score (nSPS) is 14.9. The van der Waals surface area contributed by atoms with Crippen LogP contribution in [0.5, 0.6) is 0 Å². The van der Waals surface area contributed by atoms with Crippen LogP contribution in [-0.4, -0.2) is 83.9 Å². The van der Waals surface area contributed by atoms with Gasteiger partial charge in [0.25, 0.3) is 11.8 Å². The number of rotatable bonds is 9. The van der Waals surface area contributed by atoms with E-state index in [1.807, 2.05) is 34.9 Å². The molecular weight excluding hydrogens is 450 g/mol. The third-order valence-electron chi connectivity index (χ3n) is 5.47. The monoisotopic (exact) mass is 487 g/mol. The second-order valence-electron chi connectivity index (χ2n) is 9.98. The Balaban J connectivity index is 1.43. The number of ether oxygens (including phenoxy) is 2. The molecule has 0 aliphatic carbocycles. The summed E-state index contributed by atoms with van der Waals surface area (Å²) < 4.78 is 16.7. The highest BCUT2D eigenvalue weighted by atomic mass is 16.6. The number of carbonyl (C=O) groups is 2. The highest BCUT2D eigenvalue weighted by Gasteiger charge is 2.27. The van der Waals surface area contributed by atoms with Gasteiger partial charge in [-0.3, -0.25) is 4.79 Å². The van der Waals surface area contributed by atoms with Gasteiger partial charge in [-0.15, -0.1) is 0 Å². The van der Waals surface area contributed by atoms with E-state index in [0.29, 0.717) is 36.9 Å². The first kappa shape index (κ1) is 26.6. The van der Waals surface area contributed by atoms with Crippen LogP contribution >= 0.6 is 0 Å². The average molecular weight is 488 g/mol.